The van der Waals surface area contributed by atoms with Crippen molar-refractivity contribution in [1.82, 2.24) is 20.0 Å². The lowest BCUT2D eigenvalue weighted by molar-refractivity contribution is -0.385. The van der Waals surface area contributed by atoms with Gasteiger partial charge in [-0.3, -0.25) is 19.6 Å². The third-order valence-electron chi connectivity index (χ3n) is 3.21. The lowest BCUT2D eigenvalue weighted by atomic mass is 10.2. The third kappa shape index (κ3) is 3.28. The van der Waals surface area contributed by atoms with Crippen LogP contribution in [0.25, 0.3) is 0 Å². The number of aryl methyl sites for hydroxylation is 1. The van der Waals surface area contributed by atoms with Crippen molar-refractivity contribution in [3.05, 3.63) is 22.5 Å². The van der Waals surface area contributed by atoms with Crippen molar-refractivity contribution in [3.8, 4) is 0 Å². The average molecular weight is 267 g/mol. The molecule has 1 aliphatic rings. The first kappa shape index (κ1) is 13.5. The summed E-state index contributed by atoms with van der Waals surface area (Å²) in [5.74, 6) is 0.0622. The normalized spacial score (nSPS) is 19.4. The Kier molecular flexibility index (Phi) is 4.10. The second-order valence-electron chi connectivity index (χ2n) is 4.61. The predicted molar refractivity (Wildman–Crippen MR) is 67.5 cm³/mol. The van der Waals surface area contributed by atoms with Crippen LogP contribution in [0.15, 0.2) is 12.4 Å². The van der Waals surface area contributed by atoms with Crippen molar-refractivity contribution in [2.24, 2.45) is 0 Å². The number of nitro groups is 1. The summed E-state index contributed by atoms with van der Waals surface area (Å²) in [6.45, 7) is 4.69. The fourth-order valence-electron chi connectivity index (χ4n) is 2.13. The van der Waals surface area contributed by atoms with Gasteiger partial charge in [0.05, 0.1) is 4.92 Å². The maximum atomic E-state index is 12.0. The minimum atomic E-state index is -0.496. The number of amides is 1. The minimum absolute atomic E-state index is 0.0528. The van der Waals surface area contributed by atoms with E-state index < -0.39 is 4.92 Å². The monoisotopic (exact) mass is 267 g/mol. The van der Waals surface area contributed by atoms with Gasteiger partial charge in [0.15, 0.2) is 0 Å². The third-order valence-corrected chi connectivity index (χ3v) is 3.21. The van der Waals surface area contributed by atoms with Crippen LogP contribution in [0.3, 0.4) is 0 Å². The van der Waals surface area contributed by atoms with Gasteiger partial charge in [0.2, 0.25) is 5.91 Å². The van der Waals surface area contributed by atoms with E-state index in [-0.39, 0.29) is 17.6 Å². The van der Waals surface area contributed by atoms with Crippen LogP contribution >= 0.6 is 0 Å². The first-order chi connectivity index (χ1) is 9.08. The van der Waals surface area contributed by atoms with Gasteiger partial charge in [-0.2, -0.15) is 5.10 Å². The number of carbonyl (C=O) groups is 1. The summed E-state index contributed by atoms with van der Waals surface area (Å²) in [6.07, 6.45) is 2.84. The summed E-state index contributed by atoms with van der Waals surface area (Å²) < 4.78 is 1.43. The number of carbonyl (C=O) groups excluding carboxylic acids is 1. The average Bonchev–Trinajstić information content (AvgIpc) is 2.85. The van der Waals surface area contributed by atoms with Crippen LogP contribution in [0.4, 0.5) is 5.69 Å². The predicted octanol–water partition coefficient (Wildman–Crippen LogP) is 0.00170. The Labute approximate surface area is 110 Å². The molecule has 0 unspecified atom stereocenters. The number of aromatic nitrogens is 2. The fraction of sp³-hybridized carbons (Fsp3) is 0.636. The number of nitrogens with zero attached hydrogens (tertiary/aromatic N) is 4. The topological polar surface area (TPSA) is 93.3 Å². The Morgan fingerprint density at radius 2 is 2.47 bits per heavy atom. The summed E-state index contributed by atoms with van der Waals surface area (Å²) in [4.78, 5) is 23.9. The van der Waals surface area contributed by atoms with E-state index in [4.69, 9.17) is 0 Å². The molecule has 1 aromatic rings. The summed E-state index contributed by atoms with van der Waals surface area (Å²) >= 11 is 0. The van der Waals surface area contributed by atoms with Gasteiger partial charge in [-0.25, -0.2) is 0 Å². The molecule has 0 saturated carbocycles. The van der Waals surface area contributed by atoms with Crippen LogP contribution in [0, 0.1) is 10.1 Å². The van der Waals surface area contributed by atoms with E-state index in [0.717, 1.165) is 13.1 Å². The highest BCUT2D eigenvalue weighted by Gasteiger charge is 2.22. The molecule has 2 rings (SSSR count). The molecule has 1 saturated heterocycles. The van der Waals surface area contributed by atoms with E-state index >= 15 is 0 Å². The van der Waals surface area contributed by atoms with Crippen LogP contribution < -0.4 is 5.32 Å². The van der Waals surface area contributed by atoms with Crippen molar-refractivity contribution >= 4 is 11.6 Å². The Morgan fingerprint density at radius 1 is 1.68 bits per heavy atom. The van der Waals surface area contributed by atoms with E-state index in [9.17, 15) is 14.9 Å². The molecule has 0 aliphatic carbocycles. The van der Waals surface area contributed by atoms with E-state index in [1.807, 2.05) is 11.8 Å². The Balaban J connectivity index is 1.87. The molecule has 104 valence electrons. The molecule has 1 N–H and O–H groups in total. The quantitative estimate of drug-likeness (QED) is 0.612. The molecule has 0 radical (unpaired) electrons. The molecule has 8 nitrogen and oxygen atoms in total. The van der Waals surface area contributed by atoms with E-state index in [2.05, 4.69) is 10.4 Å². The van der Waals surface area contributed by atoms with Crippen molar-refractivity contribution in [1.29, 1.82) is 0 Å². The summed E-state index contributed by atoms with van der Waals surface area (Å²) in [7, 11) is 0. The number of hydrogen-bond donors (Lipinski definition) is 1. The molecule has 8 heteroatoms. The van der Waals surface area contributed by atoms with Gasteiger partial charge < -0.3 is 10.2 Å². The highest BCUT2D eigenvalue weighted by Crippen LogP contribution is 2.09. The molecule has 1 atom stereocenters. The molecule has 19 heavy (non-hydrogen) atoms. The van der Waals surface area contributed by atoms with Crippen LogP contribution in [-0.2, 0) is 11.3 Å². The molecule has 1 aliphatic heterocycles. The molecule has 1 fully saturated rings. The molecular weight excluding hydrogens is 250 g/mol. The second kappa shape index (κ2) is 5.79. The van der Waals surface area contributed by atoms with E-state index in [0.29, 0.717) is 19.5 Å². The van der Waals surface area contributed by atoms with Crippen LogP contribution in [0.1, 0.15) is 13.3 Å². The molecule has 0 aromatic carbocycles. The lowest BCUT2D eigenvalue weighted by Gasteiger charge is -2.34. The Hall–Kier alpha value is -1.96. The zero-order chi connectivity index (χ0) is 13.8. The minimum Gasteiger partial charge on any atom is -0.337 e. The van der Waals surface area contributed by atoms with Gasteiger partial charge in [0.1, 0.15) is 12.4 Å². The van der Waals surface area contributed by atoms with Crippen LogP contribution in [0.5, 0.6) is 0 Å². The standard InChI is InChI=1S/C11H17N5O3/c1-9-6-12-3-5-15(9)11(17)2-4-14-8-10(7-13-14)16(18)19/h7-9,12H,2-6H2,1H3/t9-/m0/s1. The van der Waals surface area contributed by atoms with Crippen molar-refractivity contribution in [2.75, 3.05) is 19.6 Å². The van der Waals surface area contributed by atoms with Crippen LogP contribution in [-0.4, -0.2) is 51.2 Å². The molecule has 0 bridgehead atoms. The van der Waals surface area contributed by atoms with Gasteiger partial charge in [-0.1, -0.05) is 0 Å². The Bertz CT molecular complexity index is 473. The number of piperazine rings is 1. The fourth-order valence-corrected chi connectivity index (χ4v) is 2.13. The maximum Gasteiger partial charge on any atom is 0.306 e. The van der Waals surface area contributed by atoms with Crippen LogP contribution in [0.2, 0.25) is 0 Å². The van der Waals surface area contributed by atoms with Gasteiger partial charge >= 0.3 is 5.69 Å². The van der Waals surface area contributed by atoms with E-state index in [1.54, 1.807) is 0 Å². The van der Waals surface area contributed by atoms with Crippen molar-refractivity contribution in [2.45, 2.75) is 25.9 Å². The second-order valence-corrected chi connectivity index (χ2v) is 4.61. The zero-order valence-electron chi connectivity index (χ0n) is 10.8. The maximum absolute atomic E-state index is 12.0. The largest absolute Gasteiger partial charge is 0.337 e. The van der Waals surface area contributed by atoms with Crippen molar-refractivity contribution in [3.63, 3.8) is 0 Å². The highest BCUT2D eigenvalue weighted by molar-refractivity contribution is 5.76. The summed E-state index contributed by atoms with van der Waals surface area (Å²) in [5.41, 5.74) is -0.0528. The molecule has 1 aromatic heterocycles. The van der Waals surface area contributed by atoms with E-state index in [1.165, 1.54) is 17.1 Å². The first-order valence-corrected chi connectivity index (χ1v) is 6.25. The molecule has 1 amide bonds. The number of nitrogens with one attached hydrogen (secondary N) is 1. The first-order valence-electron chi connectivity index (χ1n) is 6.25. The zero-order valence-corrected chi connectivity index (χ0v) is 10.8. The smallest absolute Gasteiger partial charge is 0.306 e. The van der Waals surface area contributed by atoms with Crippen molar-refractivity contribution < 1.29 is 9.72 Å². The highest BCUT2D eigenvalue weighted by atomic mass is 16.6. The molecule has 2 heterocycles. The Morgan fingerprint density at radius 3 is 3.11 bits per heavy atom. The van der Waals surface area contributed by atoms with Gasteiger partial charge in [0, 0.05) is 38.6 Å². The number of hydrogen-bond acceptors (Lipinski definition) is 5. The van der Waals surface area contributed by atoms with Gasteiger partial charge in [0.25, 0.3) is 0 Å². The molecular formula is C11H17N5O3. The summed E-state index contributed by atoms with van der Waals surface area (Å²) in [5, 5.41) is 17.6. The lowest BCUT2D eigenvalue weighted by Crippen LogP contribution is -2.52. The van der Waals surface area contributed by atoms with Gasteiger partial charge in [-0.05, 0) is 6.92 Å². The summed E-state index contributed by atoms with van der Waals surface area (Å²) in [6, 6.07) is 0.188. The number of rotatable bonds is 4. The SMILES string of the molecule is C[C@H]1CNCCN1C(=O)CCn1cc([N+](=O)[O-])cn1. The van der Waals surface area contributed by atoms with Gasteiger partial charge in [-0.15, -0.1) is 0 Å². The molecule has 0 spiro atoms.